The van der Waals surface area contributed by atoms with Gasteiger partial charge in [0.15, 0.2) is 18.9 Å². The third-order valence-corrected chi connectivity index (χ3v) is 4.94. The minimum atomic E-state index is -3.08. The molecule has 1 N–H and O–H groups in total. The minimum Gasteiger partial charge on any atom is -0.456 e. The van der Waals surface area contributed by atoms with E-state index in [1.807, 2.05) is 4.98 Å². The molecular weight excluding hydrogens is 466 g/mol. The van der Waals surface area contributed by atoms with Crippen molar-refractivity contribution in [2.75, 3.05) is 13.3 Å². The topological polar surface area (TPSA) is 117 Å². The number of carbonyl (C=O) groups is 2. The second kappa shape index (κ2) is 11.3. The lowest BCUT2D eigenvalue weighted by atomic mass is 10.1. The first-order chi connectivity index (χ1) is 16.7. The Labute approximate surface area is 197 Å². The van der Waals surface area contributed by atoms with E-state index in [1.165, 1.54) is 24.3 Å². The highest BCUT2D eigenvalue weighted by Crippen LogP contribution is 2.28. The van der Waals surface area contributed by atoms with Crippen LogP contribution in [0.15, 0.2) is 82.5 Å². The van der Waals surface area contributed by atoms with Gasteiger partial charge in [-0.2, -0.15) is 0 Å². The van der Waals surface area contributed by atoms with E-state index in [4.69, 9.17) is 14.2 Å². The highest BCUT2D eigenvalue weighted by Gasteiger charge is 2.45. The summed E-state index contributed by atoms with van der Waals surface area (Å²) >= 11 is 0. The van der Waals surface area contributed by atoms with Crippen molar-refractivity contribution in [1.82, 2.24) is 9.55 Å². The summed E-state index contributed by atoms with van der Waals surface area (Å²) in [6.07, 6.45) is -2.67. The fourth-order valence-electron chi connectivity index (χ4n) is 3.00. The van der Waals surface area contributed by atoms with Crippen molar-refractivity contribution in [2.24, 2.45) is 0 Å². The van der Waals surface area contributed by atoms with Gasteiger partial charge in [0.1, 0.15) is 6.67 Å². The van der Waals surface area contributed by atoms with Crippen molar-refractivity contribution in [3.05, 3.63) is 105 Å². The number of carbonyl (C=O) groups excluding carboxylic acids is 2. The van der Waals surface area contributed by atoms with Gasteiger partial charge in [-0.05, 0) is 31.2 Å². The van der Waals surface area contributed by atoms with Gasteiger partial charge in [0, 0.05) is 12.3 Å². The number of esters is 2. The van der Waals surface area contributed by atoms with Crippen LogP contribution in [0.1, 0.15) is 33.9 Å². The van der Waals surface area contributed by atoms with Gasteiger partial charge < -0.3 is 14.2 Å². The maximum Gasteiger partial charge on any atom is 0.338 e. The molecule has 0 aliphatic rings. The molecule has 2 aromatic carbocycles. The molecule has 11 heteroatoms. The molecule has 3 aromatic rings. The summed E-state index contributed by atoms with van der Waals surface area (Å²) in [4.78, 5) is 50.1. The Morgan fingerprint density at radius 1 is 0.971 bits per heavy atom. The van der Waals surface area contributed by atoms with Crippen molar-refractivity contribution in [3.8, 4) is 0 Å². The number of benzene rings is 2. The number of ether oxygens (including phenoxy) is 3. The van der Waals surface area contributed by atoms with E-state index in [0.717, 1.165) is 19.2 Å². The van der Waals surface area contributed by atoms with Gasteiger partial charge in [-0.3, -0.25) is 14.3 Å². The van der Waals surface area contributed by atoms with E-state index < -0.39 is 54.7 Å². The number of nitrogens with one attached hydrogen (secondary N) is 1. The molecule has 0 saturated carbocycles. The Bertz CT molecular complexity index is 1260. The van der Waals surface area contributed by atoms with Crippen molar-refractivity contribution in [2.45, 2.75) is 25.1 Å². The van der Waals surface area contributed by atoms with Crippen molar-refractivity contribution in [3.63, 3.8) is 0 Å². The fraction of sp³-hybridized carbons (Fsp3) is 0.250. The molecule has 1 aromatic heterocycles. The van der Waals surface area contributed by atoms with Gasteiger partial charge in [-0.25, -0.2) is 23.2 Å². The zero-order valence-corrected chi connectivity index (χ0v) is 18.6. The van der Waals surface area contributed by atoms with Crippen LogP contribution in [0.5, 0.6) is 0 Å². The number of H-pyrrole nitrogens is 1. The fourth-order valence-corrected chi connectivity index (χ4v) is 3.00. The lowest BCUT2D eigenvalue weighted by Gasteiger charge is -2.33. The summed E-state index contributed by atoms with van der Waals surface area (Å²) in [5.74, 6) is -4.90. The quantitative estimate of drug-likeness (QED) is 0.436. The number of hydrogen-bond donors (Lipinski definition) is 1. The van der Waals surface area contributed by atoms with E-state index in [-0.39, 0.29) is 11.1 Å². The van der Waals surface area contributed by atoms with Crippen LogP contribution in [0.3, 0.4) is 0 Å². The first kappa shape index (κ1) is 25.5. The normalized spacial score (nSPS) is 14.4. The number of rotatable bonds is 10. The highest BCUT2D eigenvalue weighted by molar-refractivity contribution is 5.90. The second-order valence-corrected chi connectivity index (χ2v) is 7.39. The zero-order valence-electron chi connectivity index (χ0n) is 18.6. The van der Waals surface area contributed by atoms with Crippen LogP contribution in [0.2, 0.25) is 0 Å². The number of nitrogens with zero attached hydrogens (tertiary/aromatic N) is 1. The van der Waals surface area contributed by atoms with Gasteiger partial charge in [0.05, 0.1) is 11.1 Å². The molecule has 1 heterocycles. The van der Waals surface area contributed by atoms with Crippen LogP contribution in [-0.2, 0) is 14.2 Å². The van der Waals surface area contributed by atoms with Crippen LogP contribution in [0, 0.1) is 0 Å². The van der Waals surface area contributed by atoms with Crippen molar-refractivity contribution in [1.29, 1.82) is 0 Å². The number of aromatic nitrogens is 2. The Balaban J connectivity index is 1.86. The van der Waals surface area contributed by atoms with Crippen molar-refractivity contribution < 1.29 is 32.6 Å². The molecule has 0 fully saturated rings. The molecule has 0 amide bonds. The standard InChI is InChI=1S/C24H22F2N2O7/c1-16(34-22(31)18-10-6-3-7-11-18)24(26,15-33-21(30)17-8-4-2-5-9-17)35-20(14-25)28-13-12-19(29)27-23(28)32/h2-13,16,20H,14-15H2,1H3,(H,27,29,32)/t16-,20+,24+/m0/s1. The summed E-state index contributed by atoms with van der Waals surface area (Å²) in [6.45, 7) is -1.37. The maximum absolute atomic E-state index is 16.1. The number of alkyl halides is 2. The van der Waals surface area contributed by atoms with E-state index in [9.17, 15) is 23.6 Å². The number of halogens is 2. The average Bonchev–Trinajstić information content (AvgIpc) is 2.87. The Morgan fingerprint density at radius 3 is 2.09 bits per heavy atom. The van der Waals surface area contributed by atoms with Crippen LogP contribution in [0.4, 0.5) is 8.78 Å². The number of hydrogen-bond acceptors (Lipinski definition) is 7. The monoisotopic (exact) mass is 488 g/mol. The largest absolute Gasteiger partial charge is 0.456 e. The van der Waals surface area contributed by atoms with Gasteiger partial charge in [-0.1, -0.05) is 36.4 Å². The molecule has 3 rings (SSSR count). The zero-order chi connectivity index (χ0) is 25.4. The van der Waals surface area contributed by atoms with Crippen LogP contribution < -0.4 is 11.2 Å². The molecular formula is C24H22F2N2O7. The first-order valence-electron chi connectivity index (χ1n) is 10.5. The maximum atomic E-state index is 16.1. The Morgan fingerprint density at radius 2 is 1.54 bits per heavy atom. The summed E-state index contributed by atoms with van der Waals surface area (Å²) < 4.78 is 46.0. The summed E-state index contributed by atoms with van der Waals surface area (Å²) in [6, 6.07) is 16.3. The Kier molecular flexibility index (Phi) is 8.26. The van der Waals surface area contributed by atoms with Crippen LogP contribution >= 0.6 is 0 Å². The molecule has 3 atom stereocenters. The number of aromatic amines is 1. The smallest absolute Gasteiger partial charge is 0.338 e. The minimum absolute atomic E-state index is 0.113. The third-order valence-electron chi connectivity index (χ3n) is 4.94. The predicted octanol–water partition coefficient (Wildman–Crippen LogP) is 2.79. The van der Waals surface area contributed by atoms with Gasteiger partial charge >= 0.3 is 17.6 Å². The van der Waals surface area contributed by atoms with Gasteiger partial charge in [0.2, 0.25) is 0 Å². The molecule has 184 valence electrons. The second-order valence-electron chi connectivity index (χ2n) is 7.39. The van der Waals surface area contributed by atoms with Crippen LogP contribution in [0.25, 0.3) is 0 Å². The third kappa shape index (κ3) is 6.48. The highest BCUT2D eigenvalue weighted by atomic mass is 19.2. The molecule has 9 nitrogen and oxygen atoms in total. The lowest BCUT2D eigenvalue weighted by Crippen LogP contribution is -2.49. The van der Waals surface area contributed by atoms with E-state index in [0.29, 0.717) is 4.57 Å². The summed E-state index contributed by atoms with van der Waals surface area (Å²) in [5, 5.41) is 0. The molecule has 35 heavy (non-hydrogen) atoms. The molecule has 0 spiro atoms. The van der Waals surface area contributed by atoms with Gasteiger partial charge in [-0.15, -0.1) is 0 Å². The molecule has 0 radical (unpaired) electrons. The molecule has 0 unspecified atom stereocenters. The molecule has 0 aliphatic carbocycles. The first-order valence-corrected chi connectivity index (χ1v) is 10.5. The summed E-state index contributed by atoms with van der Waals surface area (Å²) in [5.41, 5.74) is -1.58. The van der Waals surface area contributed by atoms with Crippen molar-refractivity contribution >= 4 is 11.9 Å². The van der Waals surface area contributed by atoms with Gasteiger partial charge in [0.25, 0.3) is 11.4 Å². The van der Waals surface area contributed by atoms with E-state index >= 15 is 4.39 Å². The molecule has 0 bridgehead atoms. The van der Waals surface area contributed by atoms with Crippen LogP contribution in [-0.4, -0.2) is 46.7 Å². The SMILES string of the molecule is C[C@H](OC(=O)c1ccccc1)[C@@](F)(COC(=O)c1ccccc1)O[C@H](CF)n1ccc(=O)[nH]c1=O. The molecule has 0 aliphatic heterocycles. The lowest BCUT2D eigenvalue weighted by molar-refractivity contribution is -0.262. The average molecular weight is 488 g/mol. The van der Waals surface area contributed by atoms with E-state index in [1.54, 1.807) is 36.4 Å². The molecule has 0 saturated heterocycles. The van der Waals surface area contributed by atoms with E-state index in [2.05, 4.69) is 0 Å². The summed E-state index contributed by atoms with van der Waals surface area (Å²) in [7, 11) is 0. The Hall–Kier alpha value is -4.12. The predicted molar refractivity (Wildman–Crippen MR) is 119 cm³/mol.